The Bertz CT molecular complexity index is 621. The van der Waals surface area contributed by atoms with Gasteiger partial charge in [-0.15, -0.1) is 0 Å². The zero-order chi connectivity index (χ0) is 13.8. The number of ether oxygens (including phenoxy) is 1. The average Bonchev–Trinajstić information content (AvgIpc) is 2.85. The summed E-state index contributed by atoms with van der Waals surface area (Å²) in [6, 6.07) is 3.87. The Hall–Kier alpha value is -2.90. The van der Waals surface area contributed by atoms with Gasteiger partial charge in [0.2, 0.25) is 0 Å². The minimum atomic E-state index is -1.15. The van der Waals surface area contributed by atoms with Crippen LogP contribution in [-0.2, 0) is 6.61 Å². The number of hydrogen-bond donors (Lipinski definition) is 1. The molecule has 2 heterocycles. The van der Waals surface area contributed by atoms with E-state index in [0.717, 1.165) is 0 Å². The number of pyridine rings is 1. The monoisotopic (exact) mass is 264 g/mol. The zero-order valence-corrected chi connectivity index (χ0v) is 9.48. The number of nitro groups is 1. The molecule has 0 aromatic carbocycles. The molecule has 0 fully saturated rings. The third-order valence-electron chi connectivity index (χ3n) is 2.21. The molecule has 2 aromatic rings. The van der Waals surface area contributed by atoms with Gasteiger partial charge in [-0.1, -0.05) is 0 Å². The van der Waals surface area contributed by atoms with Gasteiger partial charge in [0, 0.05) is 6.20 Å². The molecule has 0 aliphatic rings. The van der Waals surface area contributed by atoms with Crippen LogP contribution in [0.3, 0.4) is 0 Å². The van der Waals surface area contributed by atoms with Crippen molar-refractivity contribution in [2.45, 2.75) is 6.61 Å². The van der Waals surface area contributed by atoms with Crippen molar-refractivity contribution in [3.8, 4) is 5.75 Å². The molecule has 0 radical (unpaired) electrons. The van der Waals surface area contributed by atoms with Gasteiger partial charge in [-0.2, -0.15) is 0 Å². The first-order valence-corrected chi connectivity index (χ1v) is 5.11. The Morgan fingerprint density at radius 2 is 2.26 bits per heavy atom. The van der Waals surface area contributed by atoms with E-state index in [0.29, 0.717) is 0 Å². The van der Waals surface area contributed by atoms with Crippen LogP contribution >= 0.6 is 0 Å². The molecule has 19 heavy (non-hydrogen) atoms. The molecule has 8 heteroatoms. The van der Waals surface area contributed by atoms with E-state index >= 15 is 0 Å². The summed E-state index contributed by atoms with van der Waals surface area (Å²) in [5.41, 5.74) is -0.0453. The Morgan fingerprint density at radius 1 is 1.47 bits per heavy atom. The second-order valence-electron chi connectivity index (χ2n) is 3.46. The van der Waals surface area contributed by atoms with E-state index in [1.807, 2.05) is 0 Å². The highest BCUT2D eigenvalue weighted by Gasteiger charge is 2.14. The fourth-order valence-corrected chi connectivity index (χ4v) is 1.36. The van der Waals surface area contributed by atoms with Crippen molar-refractivity contribution in [3.05, 3.63) is 52.0 Å². The Balaban J connectivity index is 2.10. The topological polar surface area (TPSA) is 116 Å². The number of rotatable bonds is 5. The number of furan rings is 1. The lowest BCUT2D eigenvalue weighted by Crippen LogP contribution is -2.03. The lowest BCUT2D eigenvalue weighted by molar-refractivity contribution is -0.402. The van der Waals surface area contributed by atoms with Crippen molar-refractivity contribution in [1.29, 1.82) is 0 Å². The van der Waals surface area contributed by atoms with Crippen LogP contribution in [0, 0.1) is 10.1 Å². The van der Waals surface area contributed by atoms with Gasteiger partial charge < -0.3 is 14.3 Å². The number of carbonyl (C=O) groups is 1. The number of hydrogen-bond acceptors (Lipinski definition) is 6. The summed E-state index contributed by atoms with van der Waals surface area (Å²) < 4.78 is 10.1. The SMILES string of the molecule is O=C(O)c1ccncc1OCc1ccc([N+](=O)[O-])o1. The van der Waals surface area contributed by atoms with E-state index in [2.05, 4.69) is 4.98 Å². The minimum Gasteiger partial charge on any atom is -0.483 e. The smallest absolute Gasteiger partial charge is 0.433 e. The summed E-state index contributed by atoms with van der Waals surface area (Å²) >= 11 is 0. The van der Waals surface area contributed by atoms with Crippen molar-refractivity contribution >= 4 is 11.9 Å². The van der Waals surface area contributed by atoms with Crippen molar-refractivity contribution in [3.63, 3.8) is 0 Å². The highest BCUT2D eigenvalue weighted by atomic mass is 16.6. The molecule has 0 saturated carbocycles. The van der Waals surface area contributed by atoms with E-state index in [1.165, 1.54) is 30.6 Å². The fraction of sp³-hybridized carbons (Fsp3) is 0.0909. The molecule has 0 amide bonds. The van der Waals surface area contributed by atoms with Gasteiger partial charge >= 0.3 is 11.9 Å². The first-order chi connectivity index (χ1) is 9.08. The molecule has 0 aliphatic carbocycles. The number of carboxylic acid groups (broad SMARTS) is 1. The molecular formula is C11H8N2O6. The quantitative estimate of drug-likeness (QED) is 0.647. The van der Waals surface area contributed by atoms with Gasteiger partial charge in [-0.3, -0.25) is 15.1 Å². The van der Waals surface area contributed by atoms with Crippen LogP contribution < -0.4 is 4.74 Å². The summed E-state index contributed by atoms with van der Waals surface area (Å²) in [5.74, 6) is -1.27. The maximum absolute atomic E-state index is 10.9. The highest BCUT2D eigenvalue weighted by Crippen LogP contribution is 2.20. The molecule has 0 atom stereocenters. The maximum atomic E-state index is 10.9. The van der Waals surface area contributed by atoms with E-state index in [9.17, 15) is 14.9 Å². The third kappa shape index (κ3) is 2.86. The van der Waals surface area contributed by atoms with E-state index in [-0.39, 0.29) is 23.7 Å². The van der Waals surface area contributed by atoms with Crippen molar-refractivity contribution in [2.75, 3.05) is 0 Å². The minimum absolute atomic E-state index is 0.0453. The second-order valence-corrected chi connectivity index (χ2v) is 3.46. The van der Waals surface area contributed by atoms with Gasteiger partial charge in [0.25, 0.3) is 0 Å². The second kappa shape index (κ2) is 5.17. The van der Waals surface area contributed by atoms with Crippen LogP contribution in [0.4, 0.5) is 5.88 Å². The summed E-state index contributed by atoms with van der Waals surface area (Å²) in [7, 11) is 0. The standard InChI is InChI=1S/C11H8N2O6/c14-11(15)8-3-4-12-5-9(8)18-6-7-1-2-10(19-7)13(16)17/h1-5H,6H2,(H,14,15). The predicted octanol–water partition coefficient (Wildman–Crippen LogP) is 1.86. The number of nitrogens with zero attached hydrogens (tertiary/aromatic N) is 2. The molecule has 0 bridgehead atoms. The van der Waals surface area contributed by atoms with Crippen LogP contribution in [0.1, 0.15) is 16.1 Å². The van der Waals surface area contributed by atoms with E-state index < -0.39 is 16.8 Å². The van der Waals surface area contributed by atoms with Gasteiger partial charge in [-0.25, -0.2) is 4.79 Å². The molecule has 1 N–H and O–H groups in total. The largest absolute Gasteiger partial charge is 0.483 e. The van der Waals surface area contributed by atoms with E-state index in [4.69, 9.17) is 14.3 Å². The van der Waals surface area contributed by atoms with Crippen molar-refractivity contribution < 1.29 is 24.0 Å². The molecule has 2 rings (SSSR count). The van der Waals surface area contributed by atoms with Crippen molar-refractivity contribution in [2.24, 2.45) is 0 Å². The first kappa shape index (κ1) is 12.6. The predicted molar refractivity (Wildman–Crippen MR) is 60.9 cm³/mol. The normalized spacial score (nSPS) is 10.1. The fourth-order valence-electron chi connectivity index (χ4n) is 1.36. The number of aromatic carboxylic acids is 1. The molecular weight excluding hydrogens is 256 g/mol. The van der Waals surface area contributed by atoms with Crippen LogP contribution in [0.2, 0.25) is 0 Å². The first-order valence-electron chi connectivity index (χ1n) is 5.11. The van der Waals surface area contributed by atoms with Crippen LogP contribution in [0.5, 0.6) is 5.75 Å². The molecule has 98 valence electrons. The van der Waals surface area contributed by atoms with Gasteiger partial charge in [0.15, 0.2) is 5.75 Å². The zero-order valence-electron chi connectivity index (χ0n) is 9.48. The maximum Gasteiger partial charge on any atom is 0.433 e. The van der Waals surface area contributed by atoms with Gasteiger partial charge in [0.05, 0.1) is 12.3 Å². The molecule has 0 spiro atoms. The van der Waals surface area contributed by atoms with Gasteiger partial charge in [-0.05, 0) is 12.1 Å². The lowest BCUT2D eigenvalue weighted by Gasteiger charge is -2.06. The van der Waals surface area contributed by atoms with E-state index in [1.54, 1.807) is 0 Å². The summed E-state index contributed by atoms with van der Waals surface area (Å²) in [6.45, 7) is -0.125. The molecule has 0 unspecified atom stereocenters. The van der Waals surface area contributed by atoms with Crippen molar-refractivity contribution in [1.82, 2.24) is 4.98 Å². The Morgan fingerprint density at radius 3 is 2.89 bits per heavy atom. The summed E-state index contributed by atoms with van der Waals surface area (Å²) in [6.07, 6.45) is 2.58. The highest BCUT2D eigenvalue weighted by molar-refractivity contribution is 5.90. The van der Waals surface area contributed by atoms with Crippen LogP contribution in [0.25, 0.3) is 0 Å². The molecule has 2 aromatic heterocycles. The van der Waals surface area contributed by atoms with Crippen LogP contribution in [-0.4, -0.2) is 21.0 Å². The summed E-state index contributed by atoms with van der Waals surface area (Å²) in [5, 5.41) is 19.3. The lowest BCUT2D eigenvalue weighted by atomic mass is 10.2. The molecule has 0 aliphatic heterocycles. The Labute approximate surface area is 106 Å². The molecule has 8 nitrogen and oxygen atoms in total. The average molecular weight is 264 g/mol. The summed E-state index contributed by atoms with van der Waals surface area (Å²) in [4.78, 5) is 24.4. The van der Waals surface area contributed by atoms with Crippen LogP contribution in [0.15, 0.2) is 35.0 Å². The third-order valence-corrected chi connectivity index (χ3v) is 2.21. The number of carboxylic acids is 1. The number of aromatic nitrogens is 1. The molecule has 0 saturated heterocycles. The van der Waals surface area contributed by atoms with Gasteiger partial charge in [0.1, 0.15) is 22.9 Å². The Kier molecular flexibility index (Phi) is 3.42.